The van der Waals surface area contributed by atoms with Crippen molar-refractivity contribution in [3.63, 3.8) is 0 Å². The molecule has 0 radical (unpaired) electrons. The summed E-state index contributed by atoms with van der Waals surface area (Å²) < 4.78 is 12.2. The molecule has 178 valence electrons. The van der Waals surface area contributed by atoms with Gasteiger partial charge >= 0.3 is 11.9 Å². The summed E-state index contributed by atoms with van der Waals surface area (Å²) in [5.74, 6) is -0.470. The molecule has 2 aromatic rings. The van der Waals surface area contributed by atoms with Crippen molar-refractivity contribution in [3.05, 3.63) is 52.6 Å². The van der Waals surface area contributed by atoms with Gasteiger partial charge in [-0.2, -0.15) is 0 Å². The molecule has 0 amide bonds. The summed E-state index contributed by atoms with van der Waals surface area (Å²) in [7, 11) is 0. The van der Waals surface area contributed by atoms with E-state index in [1.807, 2.05) is 18.2 Å². The first-order valence-electron chi connectivity index (χ1n) is 12.0. The molecule has 0 aromatic heterocycles. The van der Waals surface area contributed by atoms with Crippen molar-refractivity contribution in [1.82, 2.24) is 0 Å². The van der Waals surface area contributed by atoms with Gasteiger partial charge in [0.2, 0.25) is 0 Å². The lowest BCUT2D eigenvalue weighted by Gasteiger charge is -2.25. The number of carboxylic acid groups (broad SMARTS) is 2. The van der Waals surface area contributed by atoms with Crippen LogP contribution in [0.25, 0.3) is 0 Å². The summed E-state index contributed by atoms with van der Waals surface area (Å²) in [4.78, 5) is 22.9. The standard InChI is InChI=1S/C27H34O6/c1-2-3-4-5-6-7-8-9-17-32-23-15-13-20-18-19-11-10-12-22(27(30)31)26(19)33-25(20)21(23)14-16-24(28)29/h10-13,15H,2-9,14,16-18H2,1H3,(H,28,29)(H,30,31). The van der Waals surface area contributed by atoms with Crippen LogP contribution in [-0.2, 0) is 17.6 Å². The molecular weight excluding hydrogens is 420 g/mol. The van der Waals surface area contributed by atoms with Gasteiger partial charge in [0.1, 0.15) is 22.8 Å². The molecule has 1 aliphatic heterocycles. The minimum Gasteiger partial charge on any atom is -0.493 e. The van der Waals surface area contributed by atoms with E-state index in [9.17, 15) is 19.8 Å². The molecule has 2 N–H and O–H groups in total. The lowest BCUT2D eigenvalue weighted by Crippen LogP contribution is -2.12. The Morgan fingerprint density at radius 2 is 1.61 bits per heavy atom. The number of carbonyl (C=O) groups is 2. The van der Waals surface area contributed by atoms with Crippen LogP contribution in [0, 0.1) is 0 Å². The molecule has 1 heterocycles. The molecule has 0 saturated heterocycles. The zero-order valence-electron chi connectivity index (χ0n) is 19.4. The molecule has 0 aliphatic carbocycles. The lowest BCUT2D eigenvalue weighted by atomic mass is 9.94. The van der Waals surface area contributed by atoms with Gasteiger partial charge in [0.05, 0.1) is 6.61 Å². The van der Waals surface area contributed by atoms with E-state index in [-0.39, 0.29) is 18.4 Å². The zero-order chi connectivity index (χ0) is 23.6. The average Bonchev–Trinajstić information content (AvgIpc) is 2.80. The van der Waals surface area contributed by atoms with Crippen LogP contribution in [0.5, 0.6) is 17.2 Å². The van der Waals surface area contributed by atoms with Gasteiger partial charge in [-0.25, -0.2) is 4.79 Å². The lowest BCUT2D eigenvalue weighted by molar-refractivity contribution is -0.136. The summed E-state index contributed by atoms with van der Waals surface area (Å²) in [6.07, 6.45) is 10.4. The SMILES string of the molecule is CCCCCCCCCCOc1ccc2c(c1CCC(=O)O)Oc1c(cccc1C(=O)O)C2. The molecule has 0 atom stereocenters. The third-order valence-electron chi connectivity index (χ3n) is 6.06. The molecule has 0 saturated carbocycles. The fourth-order valence-electron chi connectivity index (χ4n) is 4.27. The van der Waals surface area contributed by atoms with E-state index in [2.05, 4.69) is 6.92 Å². The van der Waals surface area contributed by atoms with Gasteiger partial charge in [-0.1, -0.05) is 70.1 Å². The molecule has 6 heteroatoms. The Bertz CT molecular complexity index is 965. The Labute approximate surface area is 195 Å². The minimum absolute atomic E-state index is 0.0542. The molecule has 0 spiro atoms. The van der Waals surface area contributed by atoms with Crippen molar-refractivity contribution < 1.29 is 29.3 Å². The Kier molecular flexibility index (Phi) is 9.16. The predicted molar refractivity (Wildman–Crippen MR) is 127 cm³/mol. The molecule has 6 nitrogen and oxygen atoms in total. The van der Waals surface area contributed by atoms with Crippen molar-refractivity contribution in [3.8, 4) is 17.2 Å². The maximum atomic E-state index is 11.7. The largest absolute Gasteiger partial charge is 0.493 e. The third kappa shape index (κ3) is 6.73. The highest BCUT2D eigenvalue weighted by molar-refractivity contribution is 5.92. The summed E-state index contributed by atoms with van der Waals surface area (Å²) in [6, 6.07) is 8.90. The van der Waals surface area contributed by atoms with Crippen LogP contribution in [0.2, 0.25) is 0 Å². The van der Waals surface area contributed by atoms with Gasteiger partial charge in [-0.05, 0) is 30.5 Å². The van der Waals surface area contributed by atoms with E-state index >= 15 is 0 Å². The monoisotopic (exact) mass is 454 g/mol. The highest BCUT2D eigenvalue weighted by Crippen LogP contribution is 2.44. The topological polar surface area (TPSA) is 93.1 Å². The van der Waals surface area contributed by atoms with Gasteiger partial charge in [-0.3, -0.25) is 4.79 Å². The Morgan fingerprint density at radius 3 is 2.30 bits per heavy atom. The van der Waals surface area contributed by atoms with Crippen molar-refractivity contribution in [2.75, 3.05) is 6.61 Å². The number of carboxylic acids is 2. The van der Waals surface area contributed by atoms with Crippen LogP contribution < -0.4 is 9.47 Å². The van der Waals surface area contributed by atoms with Crippen LogP contribution in [0.1, 0.15) is 91.8 Å². The first-order chi connectivity index (χ1) is 16.0. The molecule has 0 unspecified atom stereocenters. The summed E-state index contributed by atoms with van der Waals surface area (Å²) >= 11 is 0. The minimum atomic E-state index is -1.05. The van der Waals surface area contributed by atoms with Crippen LogP contribution >= 0.6 is 0 Å². The average molecular weight is 455 g/mol. The van der Waals surface area contributed by atoms with Crippen molar-refractivity contribution >= 4 is 11.9 Å². The Hall–Kier alpha value is -3.02. The molecule has 33 heavy (non-hydrogen) atoms. The number of benzene rings is 2. The van der Waals surface area contributed by atoms with Crippen molar-refractivity contribution in [2.45, 2.75) is 77.6 Å². The number of fused-ring (bicyclic) bond motifs is 2. The number of hydrogen-bond donors (Lipinski definition) is 2. The maximum Gasteiger partial charge on any atom is 0.339 e. The van der Waals surface area contributed by atoms with Gasteiger partial charge in [-0.15, -0.1) is 0 Å². The quantitative estimate of drug-likeness (QED) is 0.266. The molecular formula is C27H34O6. The van der Waals surface area contributed by atoms with Crippen LogP contribution in [0.3, 0.4) is 0 Å². The number of aromatic carboxylic acids is 1. The summed E-state index contributed by atoms with van der Waals surface area (Å²) in [5, 5.41) is 18.8. The van der Waals surface area contributed by atoms with Crippen molar-refractivity contribution in [2.24, 2.45) is 0 Å². The molecule has 2 aromatic carbocycles. The second kappa shape index (κ2) is 12.3. The highest BCUT2D eigenvalue weighted by atomic mass is 16.5. The molecule has 1 aliphatic rings. The van der Waals surface area contributed by atoms with Crippen LogP contribution in [0.4, 0.5) is 0 Å². The number of rotatable bonds is 14. The fraction of sp³-hybridized carbons (Fsp3) is 0.481. The fourth-order valence-corrected chi connectivity index (χ4v) is 4.27. The number of ether oxygens (including phenoxy) is 2. The predicted octanol–water partition coefficient (Wildman–Crippen LogP) is 6.62. The Balaban J connectivity index is 1.69. The van der Waals surface area contributed by atoms with Crippen LogP contribution in [0.15, 0.2) is 30.3 Å². The normalized spacial score (nSPS) is 11.9. The second-order valence-electron chi connectivity index (χ2n) is 8.63. The second-order valence-corrected chi connectivity index (χ2v) is 8.63. The first-order valence-corrected chi connectivity index (χ1v) is 12.0. The summed E-state index contributed by atoms with van der Waals surface area (Å²) in [5.41, 5.74) is 2.51. The van der Waals surface area contributed by atoms with Crippen molar-refractivity contribution in [1.29, 1.82) is 0 Å². The zero-order valence-corrected chi connectivity index (χ0v) is 19.4. The highest BCUT2D eigenvalue weighted by Gasteiger charge is 2.26. The molecule has 3 rings (SSSR count). The van der Waals surface area contributed by atoms with Gasteiger partial charge in [0.25, 0.3) is 0 Å². The summed E-state index contributed by atoms with van der Waals surface area (Å²) in [6.45, 7) is 2.78. The third-order valence-corrected chi connectivity index (χ3v) is 6.06. The van der Waals surface area contributed by atoms with Gasteiger partial charge in [0.15, 0.2) is 0 Å². The smallest absolute Gasteiger partial charge is 0.339 e. The van der Waals surface area contributed by atoms with Crippen LogP contribution in [-0.4, -0.2) is 28.8 Å². The van der Waals surface area contributed by atoms with E-state index in [1.165, 1.54) is 44.6 Å². The number of hydrogen-bond acceptors (Lipinski definition) is 4. The van der Waals surface area contributed by atoms with E-state index in [0.29, 0.717) is 35.8 Å². The number of aliphatic carboxylic acids is 1. The number of unbranched alkanes of at least 4 members (excludes halogenated alkanes) is 7. The Morgan fingerprint density at radius 1 is 0.909 bits per heavy atom. The van der Waals surface area contributed by atoms with E-state index in [4.69, 9.17) is 9.47 Å². The van der Waals surface area contributed by atoms with E-state index in [1.54, 1.807) is 6.07 Å². The van der Waals surface area contributed by atoms with Gasteiger partial charge < -0.3 is 19.7 Å². The number of para-hydroxylation sites is 1. The maximum absolute atomic E-state index is 11.7. The van der Waals surface area contributed by atoms with Gasteiger partial charge in [0, 0.05) is 24.0 Å². The molecule has 0 fully saturated rings. The van der Waals surface area contributed by atoms with E-state index < -0.39 is 11.9 Å². The first kappa shape index (κ1) is 24.6. The molecule has 0 bridgehead atoms. The van der Waals surface area contributed by atoms with E-state index in [0.717, 1.165) is 24.0 Å².